The molecule has 0 aliphatic rings. The first-order valence-corrected chi connectivity index (χ1v) is 6.74. The lowest BCUT2D eigenvalue weighted by Gasteiger charge is -2.26. The van der Waals surface area contributed by atoms with E-state index in [0.717, 1.165) is 6.54 Å². The zero-order valence-corrected chi connectivity index (χ0v) is 12.9. The van der Waals surface area contributed by atoms with Gasteiger partial charge in [0.1, 0.15) is 0 Å². The van der Waals surface area contributed by atoms with Gasteiger partial charge in [-0.05, 0) is 32.1 Å². The van der Waals surface area contributed by atoms with Gasteiger partial charge in [-0.1, -0.05) is 19.9 Å². The molecule has 0 aromatic heterocycles. The van der Waals surface area contributed by atoms with Gasteiger partial charge in [-0.3, -0.25) is 4.79 Å². The maximum atomic E-state index is 12.4. The van der Waals surface area contributed by atoms with Gasteiger partial charge in [0.15, 0.2) is 5.75 Å². The van der Waals surface area contributed by atoms with Gasteiger partial charge < -0.3 is 20.7 Å². The molecule has 0 bridgehead atoms. The van der Waals surface area contributed by atoms with E-state index in [4.69, 9.17) is 10.5 Å². The van der Waals surface area contributed by atoms with Crippen molar-refractivity contribution in [1.82, 2.24) is 10.2 Å². The number of hydrogen-bond donors (Lipinski definition) is 2. The second-order valence-corrected chi connectivity index (χ2v) is 5.51. The molecule has 112 valence electrons. The average molecular weight is 279 g/mol. The molecule has 1 aromatic rings. The first-order chi connectivity index (χ1) is 9.36. The van der Waals surface area contributed by atoms with E-state index in [1.54, 1.807) is 18.2 Å². The maximum absolute atomic E-state index is 12.4. The van der Waals surface area contributed by atoms with Crippen LogP contribution in [0.15, 0.2) is 18.2 Å². The van der Waals surface area contributed by atoms with Crippen LogP contribution in [-0.2, 0) is 0 Å². The highest BCUT2D eigenvalue weighted by atomic mass is 16.5. The van der Waals surface area contributed by atoms with Gasteiger partial charge in [0, 0.05) is 12.6 Å². The summed E-state index contributed by atoms with van der Waals surface area (Å²) in [4.78, 5) is 14.5. The minimum atomic E-state index is -0.158. The summed E-state index contributed by atoms with van der Waals surface area (Å²) in [5.74, 6) is 0.612. The molecule has 0 aliphatic heterocycles. The topological polar surface area (TPSA) is 67.6 Å². The molecule has 3 N–H and O–H groups in total. The highest BCUT2D eigenvalue weighted by molar-refractivity contribution is 5.98. The van der Waals surface area contributed by atoms with Crippen LogP contribution in [0.3, 0.4) is 0 Å². The third-order valence-electron chi connectivity index (χ3n) is 3.18. The standard InChI is InChI=1S/C15H25N3O2/c1-10(2)13(9-18(3)4)17-15(19)11-7-6-8-12(16)14(11)20-5/h6-8,10,13H,9,16H2,1-5H3,(H,17,19). The molecule has 0 saturated heterocycles. The monoisotopic (exact) mass is 279 g/mol. The number of para-hydroxylation sites is 1. The van der Waals surface area contributed by atoms with Crippen molar-refractivity contribution < 1.29 is 9.53 Å². The van der Waals surface area contributed by atoms with Crippen LogP contribution in [0.5, 0.6) is 5.75 Å². The summed E-state index contributed by atoms with van der Waals surface area (Å²) < 4.78 is 5.22. The van der Waals surface area contributed by atoms with Crippen molar-refractivity contribution in [3.05, 3.63) is 23.8 Å². The van der Waals surface area contributed by atoms with E-state index in [-0.39, 0.29) is 11.9 Å². The van der Waals surface area contributed by atoms with Crippen LogP contribution in [0.4, 0.5) is 5.69 Å². The summed E-state index contributed by atoms with van der Waals surface area (Å²) in [6, 6.07) is 5.26. The van der Waals surface area contributed by atoms with Gasteiger partial charge in [-0.15, -0.1) is 0 Å². The number of methoxy groups -OCH3 is 1. The smallest absolute Gasteiger partial charge is 0.255 e. The van der Waals surface area contributed by atoms with Crippen LogP contribution in [0.1, 0.15) is 24.2 Å². The lowest BCUT2D eigenvalue weighted by Crippen LogP contribution is -2.45. The van der Waals surface area contributed by atoms with Crippen LogP contribution >= 0.6 is 0 Å². The van der Waals surface area contributed by atoms with E-state index in [1.165, 1.54) is 7.11 Å². The summed E-state index contributed by atoms with van der Waals surface area (Å²) in [7, 11) is 5.49. The van der Waals surface area contributed by atoms with E-state index in [0.29, 0.717) is 22.9 Å². The average Bonchev–Trinajstić information content (AvgIpc) is 2.36. The minimum Gasteiger partial charge on any atom is -0.494 e. The van der Waals surface area contributed by atoms with Gasteiger partial charge in [-0.25, -0.2) is 0 Å². The molecule has 0 radical (unpaired) electrons. The number of nitrogens with two attached hydrogens (primary N) is 1. The summed E-state index contributed by atoms with van der Waals surface area (Å²) in [5, 5.41) is 3.05. The Kier molecular flexibility index (Phi) is 5.82. The number of benzene rings is 1. The predicted molar refractivity (Wildman–Crippen MR) is 82.1 cm³/mol. The van der Waals surface area contributed by atoms with Crippen molar-refractivity contribution in [3.8, 4) is 5.75 Å². The van der Waals surface area contributed by atoms with E-state index < -0.39 is 0 Å². The Labute approximate surface area is 121 Å². The molecule has 0 heterocycles. The van der Waals surface area contributed by atoms with Crippen LogP contribution < -0.4 is 15.8 Å². The number of nitrogens with zero attached hydrogens (tertiary/aromatic N) is 1. The SMILES string of the molecule is COc1c(N)cccc1C(=O)NC(CN(C)C)C(C)C. The molecule has 0 spiro atoms. The van der Waals surface area contributed by atoms with Crippen molar-refractivity contribution in [2.75, 3.05) is 33.5 Å². The maximum Gasteiger partial charge on any atom is 0.255 e. The number of ether oxygens (including phenoxy) is 1. The number of hydrogen-bond acceptors (Lipinski definition) is 4. The van der Waals surface area contributed by atoms with Crippen molar-refractivity contribution in [2.24, 2.45) is 5.92 Å². The van der Waals surface area contributed by atoms with Crippen LogP contribution in [0.2, 0.25) is 0 Å². The summed E-state index contributed by atoms with van der Waals surface area (Å²) in [5.41, 5.74) is 6.76. The zero-order valence-electron chi connectivity index (χ0n) is 12.9. The highest BCUT2D eigenvalue weighted by Gasteiger charge is 2.20. The van der Waals surface area contributed by atoms with Gasteiger partial charge in [0.2, 0.25) is 0 Å². The Morgan fingerprint density at radius 3 is 2.55 bits per heavy atom. The van der Waals surface area contributed by atoms with E-state index >= 15 is 0 Å². The molecule has 5 heteroatoms. The zero-order chi connectivity index (χ0) is 15.3. The summed E-state index contributed by atoms with van der Waals surface area (Å²) in [6.45, 7) is 4.96. The molecular formula is C15H25N3O2. The molecule has 20 heavy (non-hydrogen) atoms. The lowest BCUT2D eigenvalue weighted by molar-refractivity contribution is 0.0913. The number of carbonyl (C=O) groups is 1. The van der Waals surface area contributed by atoms with Crippen molar-refractivity contribution >= 4 is 11.6 Å². The molecule has 1 amide bonds. The Hall–Kier alpha value is -1.75. The Balaban J connectivity index is 2.92. The lowest BCUT2D eigenvalue weighted by atomic mass is 10.0. The third-order valence-corrected chi connectivity index (χ3v) is 3.18. The summed E-state index contributed by atoms with van der Waals surface area (Å²) in [6.07, 6.45) is 0. The minimum absolute atomic E-state index is 0.0728. The Morgan fingerprint density at radius 1 is 1.40 bits per heavy atom. The Morgan fingerprint density at radius 2 is 2.05 bits per heavy atom. The molecule has 0 saturated carbocycles. The summed E-state index contributed by atoms with van der Waals surface area (Å²) >= 11 is 0. The van der Waals surface area contributed by atoms with E-state index in [1.807, 2.05) is 14.1 Å². The molecule has 1 rings (SSSR count). The fourth-order valence-corrected chi connectivity index (χ4v) is 2.02. The van der Waals surface area contributed by atoms with Crippen LogP contribution in [0.25, 0.3) is 0 Å². The van der Waals surface area contributed by atoms with Crippen LogP contribution in [0, 0.1) is 5.92 Å². The van der Waals surface area contributed by atoms with Crippen molar-refractivity contribution in [2.45, 2.75) is 19.9 Å². The number of anilines is 1. The van der Waals surface area contributed by atoms with Gasteiger partial charge in [0.25, 0.3) is 5.91 Å². The largest absolute Gasteiger partial charge is 0.494 e. The van der Waals surface area contributed by atoms with Crippen LogP contribution in [-0.4, -0.2) is 44.6 Å². The first-order valence-electron chi connectivity index (χ1n) is 6.74. The number of amides is 1. The van der Waals surface area contributed by atoms with Crippen molar-refractivity contribution in [3.63, 3.8) is 0 Å². The predicted octanol–water partition coefficient (Wildman–Crippen LogP) is 1.59. The molecule has 5 nitrogen and oxygen atoms in total. The first kappa shape index (κ1) is 16.3. The molecular weight excluding hydrogens is 254 g/mol. The number of likely N-dealkylation sites (N-methyl/N-ethyl adjacent to an activating group) is 1. The number of rotatable bonds is 6. The second-order valence-electron chi connectivity index (χ2n) is 5.51. The normalized spacial score (nSPS) is 12.6. The Bertz CT molecular complexity index is 458. The third kappa shape index (κ3) is 4.13. The molecule has 1 unspecified atom stereocenters. The fourth-order valence-electron chi connectivity index (χ4n) is 2.02. The van der Waals surface area contributed by atoms with Gasteiger partial charge in [0.05, 0.1) is 18.4 Å². The van der Waals surface area contributed by atoms with Gasteiger partial charge in [-0.2, -0.15) is 0 Å². The quantitative estimate of drug-likeness (QED) is 0.776. The second kappa shape index (κ2) is 7.14. The van der Waals surface area contributed by atoms with Gasteiger partial charge >= 0.3 is 0 Å². The van der Waals surface area contributed by atoms with E-state index in [9.17, 15) is 4.79 Å². The number of nitrogen functional groups attached to an aromatic ring is 1. The number of carbonyl (C=O) groups excluding carboxylic acids is 1. The molecule has 0 aliphatic carbocycles. The molecule has 1 aromatic carbocycles. The molecule has 1 atom stereocenters. The number of nitrogens with one attached hydrogen (secondary N) is 1. The fraction of sp³-hybridized carbons (Fsp3) is 0.533. The molecule has 0 fully saturated rings. The highest BCUT2D eigenvalue weighted by Crippen LogP contribution is 2.25. The van der Waals surface area contributed by atoms with Crippen molar-refractivity contribution in [1.29, 1.82) is 0 Å². The van der Waals surface area contributed by atoms with E-state index in [2.05, 4.69) is 24.1 Å².